The molecule has 0 aliphatic carbocycles. The molecule has 1 aromatic carbocycles. The van der Waals surface area contributed by atoms with Gasteiger partial charge in [0.15, 0.2) is 6.10 Å². The van der Waals surface area contributed by atoms with E-state index < -0.39 is 24.1 Å². The van der Waals surface area contributed by atoms with Crippen molar-refractivity contribution in [3.05, 3.63) is 23.3 Å². The SMILES string of the molecule is COc1cc(C(=O)O)cc(OC)c1C(O)C(O)C(=O)O. The number of aliphatic hydroxyl groups is 2. The fourth-order valence-electron chi connectivity index (χ4n) is 1.65. The molecule has 0 heterocycles. The Kier molecular flexibility index (Phi) is 4.89. The Morgan fingerprint density at radius 1 is 1.05 bits per heavy atom. The smallest absolute Gasteiger partial charge is 0.335 e. The number of aromatic carboxylic acids is 1. The number of hydrogen-bond acceptors (Lipinski definition) is 6. The molecule has 110 valence electrons. The minimum absolute atomic E-state index is 0.102. The summed E-state index contributed by atoms with van der Waals surface area (Å²) in [4.78, 5) is 21.6. The molecule has 0 bridgehead atoms. The van der Waals surface area contributed by atoms with E-state index in [2.05, 4.69) is 0 Å². The summed E-state index contributed by atoms with van der Waals surface area (Å²) in [7, 11) is 2.42. The highest BCUT2D eigenvalue weighted by atomic mass is 16.5. The van der Waals surface area contributed by atoms with Gasteiger partial charge in [0, 0.05) is 0 Å². The van der Waals surface area contributed by atoms with Gasteiger partial charge in [0.2, 0.25) is 0 Å². The van der Waals surface area contributed by atoms with Crippen LogP contribution in [0.25, 0.3) is 0 Å². The maximum absolute atomic E-state index is 10.9. The first kappa shape index (κ1) is 15.7. The van der Waals surface area contributed by atoms with Crippen LogP contribution in [-0.4, -0.2) is 52.7 Å². The second kappa shape index (κ2) is 6.22. The maximum atomic E-state index is 10.9. The van der Waals surface area contributed by atoms with E-state index in [9.17, 15) is 19.8 Å². The molecule has 8 nitrogen and oxygen atoms in total. The van der Waals surface area contributed by atoms with E-state index in [1.807, 2.05) is 0 Å². The number of rotatable bonds is 6. The highest BCUT2D eigenvalue weighted by molar-refractivity contribution is 5.89. The lowest BCUT2D eigenvalue weighted by molar-refractivity contribution is -0.153. The zero-order valence-electron chi connectivity index (χ0n) is 10.7. The Morgan fingerprint density at radius 3 is 1.80 bits per heavy atom. The summed E-state index contributed by atoms with van der Waals surface area (Å²) in [5, 5.41) is 36.9. The van der Waals surface area contributed by atoms with Gasteiger partial charge in [-0.2, -0.15) is 0 Å². The van der Waals surface area contributed by atoms with Crippen LogP contribution in [0.1, 0.15) is 22.0 Å². The Morgan fingerprint density at radius 2 is 1.50 bits per heavy atom. The molecule has 2 atom stereocenters. The number of hydrogen-bond donors (Lipinski definition) is 4. The van der Waals surface area contributed by atoms with Crippen molar-refractivity contribution < 1.29 is 39.5 Å². The zero-order valence-corrected chi connectivity index (χ0v) is 10.7. The minimum atomic E-state index is -2.10. The van der Waals surface area contributed by atoms with Crippen LogP contribution >= 0.6 is 0 Å². The summed E-state index contributed by atoms with van der Waals surface area (Å²) >= 11 is 0. The van der Waals surface area contributed by atoms with Crippen LogP contribution in [-0.2, 0) is 4.79 Å². The van der Waals surface area contributed by atoms with E-state index in [1.165, 1.54) is 14.2 Å². The molecular weight excluding hydrogens is 272 g/mol. The van der Waals surface area contributed by atoms with Crippen molar-refractivity contribution in [3.63, 3.8) is 0 Å². The monoisotopic (exact) mass is 286 g/mol. The highest BCUT2D eigenvalue weighted by Gasteiger charge is 2.31. The molecule has 2 unspecified atom stereocenters. The molecular formula is C12H14O8. The second-order valence-corrected chi connectivity index (χ2v) is 3.83. The van der Waals surface area contributed by atoms with Gasteiger partial charge in [-0.3, -0.25) is 0 Å². The third-order valence-electron chi connectivity index (χ3n) is 2.64. The molecule has 20 heavy (non-hydrogen) atoms. The summed E-state index contributed by atoms with van der Waals surface area (Å²) in [6.07, 6.45) is -3.94. The van der Waals surface area contributed by atoms with Gasteiger partial charge in [0.05, 0.1) is 25.3 Å². The van der Waals surface area contributed by atoms with Crippen molar-refractivity contribution in [1.82, 2.24) is 0 Å². The molecule has 0 radical (unpaired) electrons. The zero-order chi connectivity index (χ0) is 15.4. The van der Waals surface area contributed by atoms with Crippen LogP contribution in [0.4, 0.5) is 0 Å². The van der Waals surface area contributed by atoms with Crippen LogP contribution in [0.3, 0.4) is 0 Å². The molecule has 0 amide bonds. The summed E-state index contributed by atoms with van der Waals surface area (Å²) in [6, 6.07) is 2.19. The number of carboxylic acids is 2. The summed E-state index contributed by atoms with van der Waals surface area (Å²) in [6.45, 7) is 0. The van der Waals surface area contributed by atoms with Gasteiger partial charge in [-0.25, -0.2) is 9.59 Å². The third kappa shape index (κ3) is 2.98. The molecule has 0 aliphatic rings. The predicted octanol–water partition coefficient (Wildman–Crippen LogP) is -0.119. The maximum Gasteiger partial charge on any atom is 0.335 e. The highest BCUT2D eigenvalue weighted by Crippen LogP contribution is 2.37. The van der Waals surface area contributed by atoms with E-state index in [-0.39, 0.29) is 22.6 Å². The lowest BCUT2D eigenvalue weighted by Crippen LogP contribution is -2.28. The Bertz CT molecular complexity index is 499. The number of methoxy groups -OCH3 is 2. The first-order chi connectivity index (χ1) is 9.33. The van der Waals surface area contributed by atoms with E-state index in [0.717, 1.165) is 12.1 Å². The van der Waals surface area contributed by atoms with Gasteiger partial charge in [-0.15, -0.1) is 0 Å². The van der Waals surface area contributed by atoms with Crippen molar-refractivity contribution in [1.29, 1.82) is 0 Å². The number of aliphatic carboxylic acids is 1. The van der Waals surface area contributed by atoms with Gasteiger partial charge >= 0.3 is 11.9 Å². The minimum Gasteiger partial charge on any atom is -0.496 e. The Balaban J connectivity index is 3.44. The van der Waals surface area contributed by atoms with Crippen LogP contribution in [0.2, 0.25) is 0 Å². The Hall–Kier alpha value is -2.32. The summed E-state index contributed by atoms with van der Waals surface area (Å²) in [5.41, 5.74) is -0.311. The van der Waals surface area contributed by atoms with Gasteiger partial charge in [0.1, 0.15) is 17.6 Å². The average molecular weight is 286 g/mol. The first-order valence-corrected chi connectivity index (χ1v) is 5.41. The van der Waals surface area contributed by atoms with E-state index in [0.29, 0.717) is 0 Å². The van der Waals surface area contributed by atoms with Gasteiger partial charge in [0.25, 0.3) is 0 Å². The van der Waals surface area contributed by atoms with Crippen molar-refractivity contribution in [2.24, 2.45) is 0 Å². The lowest BCUT2D eigenvalue weighted by Gasteiger charge is -2.20. The standard InChI is InChI=1S/C12H14O8/c1-19-6-3-5(11(15)16)4-7(20-2)8(6)9(13)10(14)12(17)18/h3-4,9-10,13-14H,1-2H3,(H,15,16)(H,17,18). The molecule has 0 saturated carbocycles. The average Bonchev–Trinajstić information content (AvgIpc) is 2.43. The third-order valence-corrected chi connectivity index (χ3v) is 2.64. The summed E-state index contributed by atoms with van der Waals surface area (Å²) in [5.74, 6) is -3.09. The van der Waals surface area contributed by atoms with Gasteiger partial charge in [-0.05, 0) is 12.1 Å². The number of aliphatic hydroxyl groups excluding tert-OH is 2. The molecule has 1 rings (SSSR count). The van der Waals surface area contributed by atoms with Gasteiger partial charge in [-0.1, -0.05) is 0 Å². The molecule has 0 fully saturated rings. The molecule has 0 aromatic heterocycles. The van der Waals surface area contributed by atoms with Crippen LogP contribution in [0, 0.1) is 0 Å². The van der Waals surface area contributed by atoms with Crippen molar-refractivity contribution >= 4 is 11.9 Å². The van der Waals surface area contributed by atoms with Gasteiger partial charge < -0.3 is 29.9 Å². The van der Waals surface area contributed by atoms with Crippen molar-refractivity contribution in [2.45, 2.75) is 12.2 Å². The largest absolute Gasteiger partial charge is 0.496 e. The van der Waals surface area contributed by atoms with Crippen molar-refractivity contribution in [2.75, 3.05) is 14.2 Å². The number of carbonyl (C=O) groups is 2. The number of benzene rings is 1. The first-order valence-electron chi connectivity index (χ1n) is 5.41. The van der Waals surface area contributed by atoms with Crippen LogP contribution in [0.15, 0.2) is 12.1 Å². The fourth-order valence-corrected chi connectivity index (χ4v) is 1.65. The van der Waals surface area contributed by atoms with Crippen molar-refractivity contribution in [3.8, 4) is 11.5 Å². The van der Waals surface area contributed by atoms with Crippen LogP contribution < -0.4 is 9.47 Å². The molecule has 0 aliphatic heterocycles. The van der Waals surface area contributed by atoms with Crippen LogP contribution in [0.5, 0.6) is 11.5 Å². The normalized spacial score (nSPS) is 13.4. The predicted molar refractivity (Wildman–Crippen MR) is 65.1 cm³/mol. The van der Waals surface area contributed by atoms with E-state index in [4.69, 9.17) is 19.7 Å². The van der Waals surface area contributed by atoms with E-state index in [1.54, 1.807) is 0 Å². The molecule has 4 N–H and O–H groups in total. The Labute approximate surface area is 113 Å². The number of carboxylic acid groups (broad SMARTS) is 2. The molecule has 0 saturated heterocycles. The molecule has 1 aromatic rings. The molecule has 0 spiro atoms. The second-order valence-electron chi connectivity index (χ2n) is 3.83. The quantitative estimate of drug-likeness (QED) is 0.568. The van der Waals surface area contributed by atoms with E-state index >= 15 is 0 Å². The molecule has 8 heteroatoms. The summed E-state index contributed by atoms with van der Waals surface area (Å²) < 4.78 is 9.84. The lowest BCUT2D eigenvalue weighted by atomic mass is 10.00. The fraction of sp³-hybridized carbons (Fsp3) is 0.333. The topological polar surface area (TPSA) is 134 Å². The number of ether oxygens (including phenoxy) is 2.